The second-order valence-electron chi connectivity index (χ2n) is 7.08. The molecule has 1 spiro atoms. The lowest BCUT2D eigenvalue weighted by molar-refractivity contribution is 0.118. The third-order valence-corrected chi connectivity index (χ3v) is 5.00. The van der Waals surface area contributed by atoms with E-state index < -0.39 is 0 Å². The van der Waals surface area contributed by atoms with Crippen LogP contribution in [0.15, 0.2) is 24.3 Å². The zero-order valence-corrected chi connectivity index (χ0v) is 12.2. The largest absolute Gasteiger partial charge is 0.293 e. The summed E-state index contributed by atoms with van der Waals surface area (Å²) in [6.45, 7) is 11.9. The molecule has 1 unspecified atom stereocenters. The van der Waals surface area contributed by atoms with Crippen molar-refractivity contribution in [3.05, 3.63) is 35.4 Å². The minimum atomic E-state index is 0.347. The van der Waals surface area contributed by atoms with Crippen LogP contribution in [0.2, 0.25) is 0 Å². The zero-order valence-electron chi connectivity index (χ0n) is 12.2. The van der Waals surface area contributed by atoms with Crippen molar-refractivity contribution in [2.75, 3.05) is 13.1 Å². The summed E-state index contributed by atoms with van der Waals surface area (Å²) >= 11 is 0. The van der Waals surface area contributed by atoms with E-state index in [0.29, 0.717) is 16.9 Å². The number of likely N-dealkylation sites (N-methyl/N-ethyl adjacent to an activating group) is 1. The highest BCUT2D eigenvalue weighted by atomic mass is 15.2. The summed E-state index contributed by atoms with van der Waals surface area (Å²) in [5, 5.41) is 0. The summed E-state index contributed by atoms with van der Waals surface area (Å²) in [6, 6.07) is 9.19. The smallest absolute Gasteiger partial charge is 0.0465 e. The van der Waals surface area contributed by atoms with Gasteiger partial charge in [-0.2, -0.15) is 0 Å². The summed E-state index contributed by atoms with van der Waals surface area (Å²) in [5.41, 5.74) is 4.00. The average Bonchev–Trinajstić information content (AvgIpc) is 3.10. The maximum Gasteiger partial charge on any atom is 0.0465 e. The van der Waals surface area contributed by atoms with E-state index in [1.165, 1.54) is 25.9 Å². The van der Waals surface area contributed by atoms with E-state index in [1.54, 1.807) is 11.1 Å². The minimum absolute atomic E-state index is 0.347. The fourth-order valence-corrected chi connectivity index (χ4v) is 3.76. The minimum Gasteiger partial charge on any atom is -0.293 e. The van der Waals surface area contributed by atoms with Crippen molar-refractivity contribution in [1.29, 1.82) is 0 Å². The molecule has 0 N–H and O–H groups in total. The SMILES string of the molecule is CCN1CC(C(C)(C)C)c2ccccc2C12CC2. The Hall–Kier alpha value is -0.820. The molecule has 1 aromatic rings. The van der Waals surface area contributed by atoms with Crippen molar-refractivity contribution in [3.63, 3.8) is 0 Å². The highest BCUT2D eigenvalue weighted by Crippen LogP contribution is 2.58. The summed E-state index contributed by atoms with van der Waals surface area (Å²) in [4.78, 5) is 2.73. The maximum absolute atomic E-state index is 2.73. The fourth-order valence-electron chi connectivity index (χ4n) is 3.76. The Morgan fingerprint density at radius 1 is 1.22 bits per heavy atom. The topological polar surface area (TPSA) is 3.24 Å². The molecule has 1 atom stereocenters. The molecule has 0 amide bonds. The van der Waals surface area contributed by atoms with Gasteiger partial charge in [0.2, 0.25) is 0 Å². The van der Waals surface area contributed by atoms with Gasteiger partial charge in [0.1, 0.15) is 0 Å². The molecule has 0 radical (unpaired) electrons. The van der Waals surface area contributed by atoms with Crippen LogP contribution >= 0.6 is 0 Å². The summed E-state index contributed by atoms with van der Waals surface area (Å²) in [6.07, 6.45) is 2.71. The average molecular weight is 243 g/mol. The Morgan fingerprint density at radius 3 is 2.44 bits per heavy atom. The molecule has 3 rings (SSSR count). The van der Waals surface area contributed by atoms with Crippen LogP contribution in [-0.4, -0.2) is 18.0 Å². The van der Waals surface area contributed by atoms with Gasteiger partial charge in [-0.25, -0.2) is 0 Å². The normalized spacial score (nSPS) is 26.1. The lowest BCUT2D eigenvalue weighted by Crippen LogP contribution is -2.46. The fraction of sp³-hybridized carbons (Fsp3) is 0.647. The monoisotopic (exact) mass is 243 g/mol. The van der Waals surface area contributed by atoms with E-state index in [2.05, 4.69) is 56.9 Å². The van der Waals surface area contributed by atoms with Crippen LogP contribution in [0.5, 0.6) is 0 Å². The summed E-state index contributed by atoms with van der Waals surface area (Å²) in [7, 11) is 0. The molecule has 0 bridgehead atoms. The van der Waals surface area contributed by atoms with Crippen LogP contribution in [-0.2, 0) is 5.54 Å². The molecule has 1 fully saturated rings. The van der Waals surface area contributed by atoms with Gasteiger partial charge in [-0.1, -0.05) is 52.0 Å². The second kappa shape index (κ2) is 3.84. The molecule has 1 heterocycles. The molecule has 1 heteroatoms. The van der Waals surface area contributed by atoms with Crippen LogP contribution < -0.4 is 0 Å². The van der Waals surface area contributed by atoms with E-state index in [4.69, 9.17) is 0 Å². The number of rotatable bonds is 1. The molecular weight excluding hydrogens is 218 g/mol. The third-order valence-electron chi connectivity index (χ3n) is 5.00. The van der Waals surface area contributed by atoms with E-state index in [-0.39, 0.29) is 0 Å². The summed E-state index contributed by atoms with van der Waals surface area (Å²) in [5.74, 6) is 0.667. The number of benzene rings is 1. The first-order chi connectivity index (χ1) is 8.49. The van der Waals surface area contributed by atoms with Crippen LogP contribution in [0, 0.1) is 5.41 Å². The first-order valence-electron chi connectivity index (χ1n) is 7.33. The van der Waals surface area contributed by atoms with E-state index in [1.807, 2.05) is 0 Å². The van der Waals surface area contributed by atoms with Gasteiger partial charge in [0, 0.05) is 18.0 Å². The lowest BCUT2D eigenvalue weighted by atomic mass is 9.71. The molecule has 0 aromatic heterocycles. The van der Waals surface area contributed by atoms with Crippen LogP contribution in [0.25, 0.3) is 0 Å². The first kappa shape index (κ1) is 12.2. The third kappa shape index (κ3) is 1.64. The van der Waals surface area contributed by atoms with E-state index >= 15 is 0 Å². The van der Waals surface area contributed by atoms with E-state index in [9.17, 15) is 0 Å². The Bertz CT molecular complexity index is 451. The van der Waals surface area contributed by atoms with Crippen LogP contribution in [0.4, 0.5) is 0 Å². The molecule has 1 saturated carbocycles. The zero-order chi connectivity index (χ0) is 13.0. The molecule has 1 aliphatic carbocycles. The molecule has 2 aliphatic rings. The maximum atomic E-state index is 2.73. The molecule has 1 nitrogen and oxygen atoms in total. The van der Waals surface area contributed by atoms with Crippen LogP contribution in [0.3, 0.4) is 0 Å². The number of hydrogen-bond donors (Lipinski definition) is 0. The van der Waals surface area contributed by atoms with Crippen molar-refractivity contribution in [2.24, 2.45) is 5.41 Å². The molecule has 98 valence electrons. The quantitative estimate of drug-likeness (QED) is 0.716. The number of fused-ring (bicyclic) bond motifs is 2. The standard InChI is InChI=1S/C17H25N/c1-5-18-12-15(16(2,3)4)13-8-6-7-9-14(13)17(18)10-11-17/h6-9,15H,5,10-12H2,1-4H3. The van der Waals surface area contributed by atoms with Gasteiger partial charge in [0.05, 0.1) is 0 Å². The summed E-state index contributed by atoms with van der Waals surface area (Å²) < 4.78 is 0. The van der Waals surface area contributed by atoms with Gasteiger partial charge in [0.15, 0.2) is 0 Å². The van der Waals surface area contributed by atoms with Gasteiger partial charge >= 0.3 is 0 Å². The van der Waals surface area contributed by atoms with Crippen molar-refractivity contribution in [1.82, 2.24) is 4.90 Å². The molecule has 1 aliphatic heterocycles. The Kier molecular flexibility index (Phi) is 2.60. The van der Waals surface area contributed by atoms with Gasteiger partial charge < -0.3 is 0 Å². The van der Waals surface area contributed by atoms with Crippen LogP contribution in [0.1, 0.15) is 57.6 Å². The van der Waals surface area contributed by atoms with Gasteiger partial charge in [-0.3, -0.25) is 4.90 Å². The van der Waals surface area contributed by atoms with Crippen molar-refractivity contribution in [3.8, 4) is 0 Å². The molecule has 1 aromatic carbocycles. The second-order valence-corrected chi connectivity index (χ2v) is 7.08. The lowest BCUT2D eigenvalue weighted by Gasteiger charge is -2.46. The van der Waals surface area contributed by atoms with Gasteiger partial charge in [-0.05, 0) is 35.9 Å². The predicted molar refractivity (Wildman–Crippen MR) is 76.8 cm³/mol. The van der Waals surface area contributed by atoms with E-state index in [0.717, 1.165) is 0 Å². The Labute approximate surface area is 111 Å². The van der Waals surface area contributed by atoms with Crippen molar-refractivity contribution >= 4 is 0 Å². The highest BCUT2D eigenvalue weighted by molar-refractivity contribution is 5.43. The first-order valence-corrected chi connectivity index (χ1v) is 7.33. The highest BCUT2D eigenvalue weighted by Gasteiger charge is 2.54. The van der Waals surface area contributed by atoms with Gasteiger partial charge in [-0.15, -0.1) is 0 Å². The number of nitrogens with zero attached hydrogens (tertiary/aromatic N) is 1. The Balaban J connectivity index is 2.11. The predicted octanol–water partition coefficient (Wildman–Crippen LogP) is 4.14. The van der Waals surface area contributed by atoms with Crippen molar-refractivity contribution < 1.29 is 0 Å². The molecular formula is C17H25N. The Morgan fingerprint density at radius 2 is 1.89 bits per heavy atom. The molecule has 0 saturated heterocycles. The number of hydrogen-bond acceptors (Lipinski definition) is 1. The van der Waals surface area contributed by atoms with Gasteiger partial charge in [0.25, 0.3) is 0 Å². The molecule has 18 heavy (non-hydrogen) atoms. The van der Waals surface area contributed by atoms with Crippen molar-refractivity contribution in [2.45, 2.75) is 52.0 Å².